The van der Waals surface area contributed by atoms with Gasteiger partial charge in [-0.25, -0.2) is 4.39 Å². The van der Waals surface area contributed by atoms with Crippen molar-refractivity contribution in [2.75, 3.05) is 5.32 Å². The fourth-order valence-corrected chi connectivity index (χ4v) is 1.36. The average molecular weight is 216 g/mol. The quantitative estimate of drug-likeness (QED) is 0.721. The average Bonchev–Trinajstić information content (AvgIpc) is 2.11. The Kier molecular flexibility index (Phi) is 2.07. The summed E-state index contributed by atoms with van der Waals surface area (Å²) < 4.78 is 18.2. The number of anilines is 1. The van der Waals surface area contributed by atoms with Gasteiger partial charge >= 0.3 is 0 Å². The predicted octanol–water partition coefficient (Wildman–Crippen LogP) is 2.20. The maximum absolute atomic E-state index is 13.0. The van der Waals surface area contributed by atoms with E-state index in [1.165, 1.54) is 6.07 Å². The second kappa shape index (κ2) is 3.13. The number of benzene rings is 1. The van der Waals surface area contributed by atoms with Crippen LogP contribution in [0.5, 0.6) is 5.75 Å². The van der Waals surface area contributed by atoms with Crippen molar-refractivity contribution >= 4 is 23.2 Å². The zero-order valence-corrected chi connectivity index (χ0v) is 8.06. The van der Waals surface area contributed by atoms with Gasteiger partial charge in [0.2, 0.25) is 0 Å². The topological polar surface area (TPSA) is 38.3 Å². The van der Waals surface area contributed by atoms with E-state index in [4.69, 9.17) is 16.3 Å². The fraction of sp³-hybridized carbons (Fsp3) is 0.222. The minimum atomic E-state index is -0.580. The first-order valence-corrected chi connectivity index (χ1v) is 4.42. The van der Waals surface area contributed by atoms with Gasteiger partial charge in [-0.15, -0.1) is 0 Å². The third-order valence-corrected chi connectivity index (χ3v) is 2.24. The summed E-state index contributed by atoms with van der Waals surface area (Å²) in [4.78, 5) is 11.2. The molecule has 0 saturated heterocycles. The number of carbonyl (C=O) groups is 1. The molecular weight excluding hydrogens is 209 g/mol. The summed E-state index contributed by atoms with van der Waals surface area (Å²) in [6.07, 6.45) is -0.580. The van der Waals surface area contributed by atoms with Crippen LogP contribution in [0.1, 0.15) is 6.92 Å². The fourth-order valence-electron chi connectivity index (χ4n) is 1.20. The Morgan fingerprint density at radius 2 is 2.29 bits per heavy atom. The molecule has 1 aromatic rings. The van der Waals surface area contributed by atoms with E-state index in [2.05, 4.69) is 5.32 Å². The molecule has 5 heteroatoms. The van der Waals surface area contributed by atoms with E-state index >= 15 is 0 Å². The Balaban J connectivity index is 2.47. The molecule has 2 rings (SSSR count). The first-order chi connectivity index (χ1) is 6.58. The van der Waals surface area contributed by atoms with Gasteiger partial charge in [0.05, 0.1) is 10.7 Å². The van der Waals surface area contributed by atoms with Crippen LogP contribution in [0.15, 0.2) is 12.1 Å². The van der Waals surface area contributed by atoms with Crippen molar-refractivity contribution in [3.05, 3.63) is 23.0 Å². The van der Waals surface area contributed by atoms with E-state index in [0.717, 1.165) is 6.07 Å². The van der Waals surface area contributed by atoms with Crippen molar-refractivity contribution in [2.45, 2.75) is 13.0 Å². The molecule has 0 saturated carbocycles. The Labute approximate surface area is 84.8 Å². The van der Waals surface area contributed by atoms with Crippen LogP contribution in [0.2, 0.25) is 5.02 Å². The lowest BCUT2D eigenvalue weighted by molar-refractivity contribution is -0.122. The van der Waals surface area contributed by atoms with Crippen molar-refractivity contribution in [1.82, 2.24) is 0 Å². The third kappa shape index (κ3) is 1.42. The number of halogens is 2. The summed E-state index contributed by atoms with van der Waals surface area (Å²) in [5.74, 6) is -0.480. The van der Waals surface area contributed by atoms with E-state index in [-0.39, 0.29) is 10.9 Å². The molecule has 3 nitrogen and oxygen atoms in total. The summed E-state index contributed by atoms with van der Waals surface area (Å²) >= 11 is 5.56. The van der Waals surface area contributed by atoms with Gasteiger partial charge in [-0.3, -0.25) is 4.79 Å². The van der Waals surface area contributed by atoms with Crippen LogP contribution in [-0.4, -0.2) is 12.0 Å². The Morgan fingerprint density at radius 3 is 3.00 bits per heavy atom. The summed E-state index contributed by atoms with van der Waals surface area (Å²) in [6, 6.07) is 2.49. The Morgan fingerprint density at radius 1 is 1.57 bits per heavy atom. The van der Waals surface area contributed by atoms with Gasteiger partial charge in [0.1, 0.15) is 11.6 Å². The molecule has 74 valence electrons. The highest BCUT2D eigenvalue weighted by atomic mass is 35.5. The van der Waals surface area contributed by atoms with Crippen LogP contribution < -0.4 is 10.1 Å². The van der Waals surface area contributed by atoms with Crippen LogP contribution in [0.4, 0.5) is 10.1 Å². The van der Waals surface area contributed by atoms with Gasteiger partial charge in [-0.05, 0) is 6.92 Å². The summed E-state index contributed by atoms with van der Waals surface area (Å²) in [5, 5.41) is 2.49. The molecule has 1 amide bonds. The number of carbonyl (C=O) groups excluding carboxylic acids is 1. The first kappa shape index (κ1) is 9.27. The van der Waals surface area contributed by atoms with E-state index in [9.17, 15) is 9.18 Å². The van der Waals surface area contributed by atoms with E-state index in [1.807, 2.05) is 0 Å². The minimum absolute atomic E-state index is 0.0212. The number of nitrogens with one attached hydrogen (secondary N) is 1. The molecule has 1 N–H and O–H groups in total. The van der Waals surface area contributed by atoms with Crippen LogP contribution in [0.3, 0.4) is 0 Å². The van der Waals surface area contributed by atoms with Crippen molar-refractivity contribution in [3.63, 3.8) is 0 Å². The minimum Gasteiger partial charge on any atom is -0.479 e. The highest BCUT2D eigenvalue weighted by molar-refractivity contribution is 6.31. The molecule has 14 heavy (non-hydrogen) atoms. The molecule has 0 aliphatic carbocycles. The maximum Gasteiger partial charge on any atom is 0.265 e. The first-order valence-electron chi connectivity index (χ1n) is 4.04. The van der Waals surface area contributed by atoms with Crippen molar-refractivity contribution < 1.29 is 13.9 Å². The van der Waals surface area contributed by atoms with Crippen LogP contribution in [-0.2, 0) is 4.79 Å². The molecule has 0 fully saturated rings. The smallest absolute Gasteiger partial charge is 0.265 e. The van der Waals surface area contributed by atoms with Gasteiger partial charge in [-0.1, -0.05) is 11.6 Å². The predicted molar refractivity (Wildman–Crippen MR) is 50.1 cm³/mol. The summed E-state index contributed by atoms with van der Waals surface area (Å²) in [5.41, 5.74) is 0.315. The highest BCUT2D eigenvalue weighted by Crippen LogP contribution is 2.33. The van der Waals surface area contributed by atoms with E-state index in [0.29, 0.717) is 11.4 Å². The van der Waals surface area contributed by atoms with Gasteiger partial charge < -0.3 is 10.1 Å². The van der Waals surface area contributed by atoms with Crippen molar-refractivity contribution in [1.29, 1.82) is 0 Å². The van der Waals surface area contributed by atoms with Crippen LogP contribution in [0.25, 0.3) is 0 Å². The second-order valence-electron chi connectivity index (χ2n) is 3.01. The molecule has 1 aliphatic heterocycles. The number of hydrogen-bond acceptors (Lipinski definition) is 2. The Hall–Kier alpha value is -1.29. The molecule has 0 aromatic heterocycles. The number of rotatable bonds is 0. The normalized spacial score (nSPS) is 19.6. The number of ether oxygens (including phenoxy) is 1. The lowest BCUT2D eigenvalue weighted by Crippen LogP contribution is -2.34. The lowest BCUT2D eigenvalue weighted by atomic mass is 10.2. The van der Waals surface area contributed by atoms with Crippen molar-refractivity contribution in [3.8, 4) is 5.75 Å². The summed E-state index contributed by atoms with van der Waals surface area (Å²) in [6.45, 7) is 1.61. The molecule has 1 aliphatic rings. The van der Waals surface area contributed by atoms with Crippen LogP contribution in [0, 0.1) is 5.82 Å². The molecule has 1 heterocycles. The van der Waals surface area contributed by atoms with Gasteiger partial charge in [0, 0.05) is 12.1 Å². The molecule has 0 spiro atoms. The Bertz CT molecular complexity index is 408. The van der Waals surface area contributed by atoms with Crippen molar-refractivity contribution in [2.24, 2.45) is 0 Å². The van der Waals surface area contributed by atoms with Crippen LogP contribution >= 0.6 is 11.6 Å². The number of fused-ring (bicyclic) bond motifs is 1. The van der Waals surface area contributed by atoms with Gasteiger partial charge in [0.25, 0.3) is 5.91 Å². The zero-order valence-electron chi connectivity index (χ0n) is 7.30. The molecular formula is C9H7ClFNO2. The molecule has 1 atom stereocenters. The third-order valence-electron chi connectivity index (χ3n) is 1.95. The standard InChI is InChI=1S/C9H7ClFNO2/c1-4-9(13)12-7-3-6(11)5(10)2-8(7)14-4/h2-4H,1H3,(H,12,13). The maximum atomic E-state index is 13.0. The molecule has 0 bridgehead atoms. The molecule has 1 unspecified atom stereocenters. The lowest BCUT2D eigenvalue weighted by Gasteiger charge is -2.23. The van der Waals surface area contributed by atoms with Gasteiger partial charge in [0.15, 0.2) is 6.10 Å². The second-order valence-corrected chi connectivity index (χ2v) is 3.42. The number of amides is 1. The highest BCUT2D eigenvalue weighted by Gasteiger charge is 2.24. The number of hydrogen-bond donors (Lipinski definition) is 1. The summed E-state index contributed by atoms with van der Waals surface area (Å²) in [7, 11) is 0. The molecule has 0 radical (unpaired) electrons. The molecule has 1 aromatic carbocycles. The largest absolute Gasteiger partial charge is 0.479 e. The van der Waals surface area contributed by atoms with Gasteiger partial charge in [-0.2, -0.15) is 0 Å². The monoisotopic (exact) mass is 215 g/mol. The zero-order chi connectivity index (χ0) is 10.3. The SMILES string of the molecule is CC1Oc2cc(Cl)c(F)cc2NC1=O. The van der Waals surface area contributed by atoms with E-state index in [1.54, 1.807) is 6.92 Å². The van der Waals surface area contributed by atoms with E-state index < -0.39 is 11.9 Å².